The number of benzene rings is 2. The van der Waals surface area contributed by atoms with Gasteiger partial charge in [0.05, 0.1) is 11.6 Å². The third-order valence-electron chi connectivity index (χ3n) is 3.03. The number of esters is 1. The molecule has 0 aliphatic rings. The van der Waals surface area contributed by atoms with Gasteiger partial charge >= 0.3 is 5.97 Å². The van der Waals surface area contributed by atoms with Crippen LogP contribution >= 0.6 is 0 Å². The number of para-hydroxylation sites is 1. The number of rotatable bonds is 4. The van der Waals surface area contributed by atoms with E-state index in [1.165, 1.54) is 6.07 Å². The zero-order valence-electron chi connectivity index (χ0n) is 11.2. The molecule has 104 valence electrons. The van der Waals surface area contributed by atoms with Gasteiger partial charge in [-0.05, 0) is 24.1 Å². The number of nitrogen functional groups attached to an aromatic ring is 1. The smallest absolute Gasteiger partial charge is 0.314 e. The third kappa shape index (κ3) is 3.29. The van der Waals surface area contributed by atoms with Crippen molar-refractivity contribution in [3.05, 3.63) is 54.1 Å². The summed E-state index contributed by atoms with van der Waals surface area (Å²) in [6.07, 6.45) is 0.586. The van der Waals surface area contributed by atoms with Gasteiger partial charge in [0.2, 0.25) is 0 Å². The zero-order chi connectivity index (χ0) is 14.5. The Morgan fingerprint density at radius 3 is 2.60 bits per heavy atom. The molecule has 0 amide bonds. The summed E-state index contributed by atoms with van der Waals surface area (Å²) in [6.45, 7) is 1.79. The number of carbonyl (C=O) groups excluding carboxylic acids is 1. The molecule has 0 bridgehead atoms. The van der Waals surface area contributed by atoms with Crippen LogP contribution in [0.25, 0.3) is 0 Å². The second kappa shape index (κ2) is 6.10. The number of hydrogen-bond donors (Lipinski definition) is 2. The van der Waals surface area contributed by atoms with Crippen LogP contribution in [0, 0.1) is 5.92 Å². The predicted octanol–water partition coefficient (Wildman–Crippen LogP) is 2.76. The second-order valence-electron chi connectivity index (χ2n) is 4.71. The average Bonchev–Trinajstić information content (AvgIpc) is 2.45. The molecule has 4 nitrogen and oxygen atoms in total. The molecule has 0 aliphatic carbocycles. The summed E-state index contributed by atoms with van der Waals surface area (Å²) in [4.78, 5) is 12.0. The van der Waals surface area contributed by atoms with E-state index in [-0.39, 0.29) is 23.1 Å². The van der Waals surface area contributed by atoms with Crippen LogP contribution in [-0.2, 0) is 11.2 Å². The van der Waals surface area contributed by atoms with E-state index in [9.17, 15) is 9.90 Å². The van der Waals surface area contributed by atoms with Crippen molar-refractivity contribution in [2.24, 2.45) is 5.92 Å². The van der Waals surface area contributed by atoms with Gasteiger partial charge < -0.3 is 15.6 Å². The summed E-state index contributed by atoms with van der Waals surface area (Å²) in [5.41, 5.74) is 6.80. The molecule has 1 atom stereocenters. The molecule has 0 heterocycles. The maximum atomic E-state index is 12.0. The fraction of sp³-hybridized carbons (Fsp3) is 0.188. The summed E-state index contributed by atoms with van der Waals surface area (Å²) in [5.74, 6) is -0.810. The Bertz CT molecular complexity index is 596. The van der Waals surface area contributed by atoms with Crippen LogP contribution < -0.4 is 10.5 Å². The number of ether oxygens (including phenoxy) is 1. The quantitative estimate of drug-likeness (QED) is 0.388. The van der Waals surface area contributed by atoms with E-state index in [0.29, 0.717) is 6.42 Å². The van der Waals surface area contributed by atoms with E-state index in [1.807, 2.05) is 30.3 Å². The Morgan fingerprint density at radius 2 is 1.90 bits per heavy atom. The first-order chi connectivity index (χ1) is 9.58. The highest BCUT2D eigenvalue weighted by Crippen LogP contribution is 2.32. The minimum absolute atomic E-state index is 0.0925. The van der Waals surface area contributed by atoms with Gasteiger partial charge in [0.1, 0.15) is 0 Å². The Hall–Kier alpha value is -2.49. The van der Waals surface area contributed by atoms with Gasteiger partial charge in [0, 0.05) is 0 Å². The molecule has 3 N–H and O–H groups in total. The van der Waals surface area contributed by atoms with E-state index >= 15 is 0 Å². The third-order valence-corrected chi connectivity index (χ3v) is 3.03. The lowest BCUT2D eigenvalue weighted by molar-refractivity contribution is -0.138. The number of nitrogens with two attached hydrogens (primary N) is 1. The molecular formula is C16H17NO3. The topological polar surface area (TPSA) is 72.5 Å². The van der Waals surface area contributed by atoms with Gasteiger partial charge in [0.15, 0.2) is 11.5 Å². The van der Waals surface area contributed by atoms with Gasteiger partial charge in [-0.25, -0.2) is 0 Å². The molecule has 0 aliphatic heterocycles. The highest BCUT2D eigenvalue weighted by atomic mass is 16.5. The van der Waals surface area contributed by atoms with Crippen LogP contribution in [0.3, 0.4) is 0 Å². The number of anilines is 1. The number of carbonyl (C=O) groups is 1. The summed E-state index contributed by atoms with van der Waals surface area (Å²) >= 11 is 0. The standard InChI is InChI=1S/C16H17NO3/c1-11(10-12-6-3-2-4-7-12)16(19)20-14-9-5-8-13(17)15(14)18/h2-9,11,18H,10,17H2,1H3/t11-/m1/s1. The molecule has 0 spiro atoms. The lowest BCUT2D eigenvalue weighted by Gasteiger charge is -2.12. The van der Waals surface area contributed by atoms with Crippen molar-refractivity contribution < 1.29 is 14.6 Å². The summed E-state index contributed by atoms with van der Waals surface area (Å²) in [5, 5.41) is 9.72. The van der Waals surface area contributed by atoms with Crippen molar-refractivity contribution in [1.29, 1.82) is 0 Å². The molecule has 0 unspecified atom stereocenters. The van der Waals surface area contributed by atoms with Crippen molar-refractivity contribution in [2.45, 2.75) is 13.3 Å². The molecule has 2 aromatic carbocycles. The monoisotopic (exact) mass is 271 g/mol. The van der Waals surface area contributed by atoms with Crippen molar-refractivity contribution in [2.75, 3.05) is 5.73 Å². The zero-order valence-corrected chi connectivity index (χ0v) is 11.2. The summed E-state index contributed by atoms with van der Waals surface area (Å²) < 4.78 is 5.19. The van der Waals surface area contributed by atoms with E-state index < -0.39 is 5.97 Å². The Balaban J connectivity index is 2.03. The highest BCUT2D eigenvalue weighted by Gasteiger charge is 2.18. The lowest BCUT2D eigenvalue weighted by Crippen LogP contribution is -2.20. The van der Waals surface area contributed by atoms with Crippen LogP contribution in [0.4, 0.5) is 5.69 Å². The van der Waals surface area contributed by atoms with Gasteiger partial charge in [-0.1, -0.05) is 43.3 Å². The first kappa shape index (κ1) is 13.9. The molecule has 20 heavy (non-hydrogen) atoms. The van der Waals surface area contributed by atoms with Crippen molar-refractivity contribution in [3.63, 3.8) is 0 Å². The van der Waals surface area contributed by atoms with Crippen LogP contribution in [-0.4, -0.2) is 11.1 Å². The van der Waals surface area contributed by atoms with Crippen LogP contribution in [0.2, 0.25) is 0 Å². The van der Waals surface area contributed by atoms with Gasteiger partial charge in [-0.15, -0.1) is 0 Å². The van der Waals surface area contributed by atoms with Crippen LogP contribution in [0.1, 0.15) is 12.5 Å². The fourth-order valence-electron chi connectivity index (χ4n) is 1.88. The van der Waals surface area contributed by atoms with Gasteiger partial charge in [-0.2, -0.15) is 0 Å². The van der Waals surface area contributed by atoms with E-state index in [4.69, 9.17) is 10.5 Å². The van der Waals surface area contributed by atoms with Crippen molar-refractivity contribution >= 4 is 11.7 Å². The summed E-state index contributed by atoms with van der Waals surface area (Å²) in [6, 6.07) is 14.4. The number of phenolic OH excluding ortho intramolecular Hbond substituents is 1. The Labute approximate surface area is 117 Å². The van der Waals surface area contributed by atoms with Crippen LogP contribution in [0.15, 0.2) is 48.5 Å². The first-order valence-corrected chi connectivity index (χ1v) is 6.41. The highest BCUT2D eigenvalue weighted by molar-refractivity contribution is 5.77. The van der Waals surface area contributed by atoms with E-state index in [2.05, 4.69) is 0 Å². The maximum absolute atomic E-state index is 12.0. The molecule has 2 aromatic rings. The second-order valence-corrected chi connectivity index (χ2v) is 4.71. The Kier molecular flexibility index (Phi) is 4.25. The Morgan fingerprint density at radius 1 is 1.20 bits per heavy atom. The van der Waals surface area contributed by atoms with E-state index in [1.54, 1.807) is 19.1 Å². The van der Waals surface area contributed by atoms with E-state index in [0.717, 1.165) is 5.56 Å². The summed E-state index contributed by atoms with van der Waals surface area (Å²) in [7, 11) is 0. The van der Waals surface area contributed by atoms with Gasteiger partial charge in [-0.3, -0.25) is 4.79 Å². The minimum atomic E-state index is -0.394. The maximum Gasteiger partial charge on any atom is 0.314 e. The number of aromatic hydroxyl groups is 1. The van der Waals surface area contributed by atoms with Gasteiger partial charge in [0.25, 0.3) is 0 Å². The predicted molar refractivity (Wildman–Crippen MR) is 77.5 cm³/mol. The molecule has 0 aromatic heterocycles. The fourth-order valence-corrected chi connectivity index (χ4v) is 1.88. The molecule has 0 radical (unpaired) electrons. The first-order valence-electron chi connectivity index (χ1n) is 6.41. The molecular weight excluding hydrogens is 254 g/mol. The molecule has 0 saturated carbocycles. The minimum Gasteiger partial charge on any atom is -0.503 e. The molecule has 0 saturated heterocycles. The number of hydrogen-bond acceptors (Lipinski definition) is 4. The van der Waals surface area contributed by atoms with Crippen LogP contribution in [0.5, 0.6) is 11.5 Å². The normalized spacial score (nSPS) is 11.8. The van der Waals surface area contributed by atoms with Crippen molar-refractivity contribution in [3.8, 4) is 11.5 Å². The largest absolute Gasteiger partial charge is 0.503 e. The number of phenols is 1. The average molecular weight is 271 g/mol. The molecule has 2 rings (SSSR count). The van der Waals surface area contributed by atoms with Crippen molar-refractivity contribution in [1.82, 2.24) is 0 Å². The SMILES string of the molecule is C[C@H](Cc1ccccc1)C(=O)Oc1cccc(N)c1O. The lowest BCUT2D eigenvalue weighted by atomic mass is 10.0. The molecule has 0 fully saturated rings. The molecule has 4 heteroatoms.